The normalized spacial score (nSPS) is 11.0. The van der Waals surface area contributed by atoms with Gasteiger partial charge in [-0.15, -0.1) is 5.10 Å². The smallest absolute Gasteiger partial charge is 0.179 e. The van der Waals surface area contributed by atoms with Gasteiger partial charge in [-0.3, -0.25) is 0 Å². The first-order valence-corrected chi connectivity index (χ1v) is 11.0. The van der Waals surface area contributed by atoms with Gasteiger partial charge < -0.3 is 5.32 Å². The highest BCUT2D eigenvalue weighted by atomic mass is 15.5. The van der Waals surface area contributed by atoms with Crippen LogP contribution in [-0.4, -0.2) is 27.2 Å². The zero-order valence-corrected chi connectivity index (χ0v) is 17.1. The highest BCUT2D eigenvalue weighted by molar-refractivity contribution is 5.58. The van der Waals surface area contributed by atoms with Crippen molar-refractivity contribution in [1.29, 1.82) is 0 Å². The SMILES string of the molecule is CCCCCCCCCCCCCCCNc1ccc(-c2nnn[nH]2)cc1. The minimum Gasteiger partial charge on any atom is -0.385 e. The van der Waals surface area contributed by atoms with Crippen molar-refractivity contribution in [3.8, 4) is 11.4 Å². The maximum absolute atomic E-state index is 3.92. The van der Waals surface area contributed by atoms with Crippen LogP contribution in [0.15, 0.2) is 24.3 Å². The van der Waals surface area contributed by atoms with E-state index < -0.39 is 0 Å². The molecule has 0 aliphatic heterocycles. The number of aromatic nitrogens is 4. The van der Waals surface area contributed by atoms with Crippen LogP contribution in [0.1, 0.15) is 90.4 Å². The molecule has 0 bridgehead atoms. The third kappa shape index (κ3) is 9.55. The van der Waals surface area contributed by atoms with Crippen molar-refractivity contribution in [2.45, 2.75) is 90.4 Å². The molecule has 0 amide bonds. The van der Waals surface area contributed by atoms with Crippen molar-refractivity contribution in [2.24, 2.45) is 0 Å². The molecule has 1 aromatic heterocycles. The van der Waals surface area contributed by atoms with Crippen molar-refractivity contribution >= 4 is 5.69 Å². The summed E-state index contributed by atoms with van der Waals surface area (Å²) in [6.45, 7) is 3.33. The number of rotatable bonds is 16. The van der Waals surface area contributed by atoms with Crippen LogP contribution in [0, 0.1) is 0 Å². The van der Waals surface area contributed by atoms with E-state index in [-0.39, 0.29) is 0 Å². The molecule has 0 saturated carbocycles. The van der Waals surface area contributed by atoms with Crippen molar-refractivity contribution < 1.29 is 0 Å². The van der Waals surface area contributed by atoms with Gasteiger partial charge in [0, 0.05) is 17.8 Å². The standard InChI is InChI=1S/C22H37N5/c1-2-3-4-5-6-7-8-9-10-11-12-13-14-19-23-21-17-15-20(16-18-21)22-24-26-27-25-22/h15-18,23H,2-14,19H2,1H3,(H,24,25,26,27). The Labute approximate surface area is 164 Å². The Morgan fingerprint density at radius 3 is 1.81 bits per heavy atom. The number of anilines is 1. The molecule has 27 heavy (non-hydrogen) atoms. The van der Waals surface area contributed by atoms with Crippen LogP contribution in [0.3, 0.4) is 0 Å². The number of hydrogen-bond acceptors (Lipinski definition) is 4. The molecule has 0 fully saturated rings. The van der Waals surface area contributed by atoms with Gasteiger partial charge in [-0.2, -0.15) is 0 Å². The average molecular weight is 372 g/mol. The van der Waals surface area contributed by atoms with Crippen molar-refractivity contribution in [3.63, 3.8) is 0 Å². The van der Waals surface area contributed by atoms with Gasteiger partial charge in [-0.05, 0) is 41.1 Å². The Hall–Kier alpha value is -1.91. The third-order valence-electron chi connectivity index (χ3n) is 5.11. The summed E-state index contributed by atoms with van der Waals surface area (Å²) in [4.78, 5) is 0. The van der Waals surface area contributed by atoms with Crippen LogP contribution in [0.5, 0.6) is 0 Å². The van der Waals surface area contributed by atoms with Gasteiger partial charge in [-0.25, -0.2) is 5.10 Å². The number of hydrogen-bond donors (Lipinski definition) is 2. The second-order valence-electron chi connectivity index (χ2n) is 7.50. The number of nitrogens with zero attached hydrogens (tertiary/aromatic N) is 3. The number of aromatic amines is 1. The number of H-pyrrole nitrogens is 1. The van der Waals surface area contributed by atoms with Crippen LogP contribution >= 0.6 is 0 Å². The lowest BCUT2D eigenvalue weighted by Crippen LogP contribution is -2.01. The Kier molecular flexibility index (Phi) is 11.2. The van der Waals surface area contributed by atoms with Crippen molar-refractivity contribution in [3.05, 3.63) is 24.3 Å². The number of nitrogens with one attached hydrogen (secondary N) is 2. The molecule has 2 aromatic rings. The molecule has 150 valence electrons. The Morgan fingerprint density at radius 2 is 1.30 bits per heavy atom. The van der Waals surface area contributed by atoms with E-state index in [1.165, 1.54) is 83.5 Å². The first kappa shape index (κ1) is 21.4. The molecule has 0 unspecified atom stereocenters. The Bertz CT molecular complexity index is 565. The summed E-state index contributed by atoms with van der Waals surface area (Å²) < 4.78 is 0. The van der Waals surface area contributed by atoms with Crippen LogP contribution in [-0.2, 0) is 0 Å². The number of tetrazole rings is 1. The molecule has 0 aliphatic rings. The van der Waals surface area contributed by atoms with Gasteiger partial charge >= 0.3 is 0 Å². The molecular weight excluding hydrogens is 334 g/mol. The van der Waals surface area contributed by atoms with Crippen LogP contribution in [0.2, 0.25) is 0 Å². The van der Waals surface area contributed by atoms with E-state index in [1.807, 2.05) is 12.1 Å². The molecule has 1 heterocycles. The molecule has 0 radical (unpaired) electrons. The lowest BCUT2D eigenvalue weighted by Gasteiger charge is -2.07. The molecule has 2 N–H and O–H groups in total. The summed E-state index contributed by atoms with van der Waals surface area (Å²) in [5, 5.41) is 17.4. The van der Waals surface area contributed by atoms with E-state index in [1.54, 1.807) is 0 Å². The fourth-order valence-corrected chi connectivity index (χ4v) is 3.40. The van der Waals surface area contributed by atoms with Gasteiger partial charge in [-0.1, -0.05) is 84.0 Å². The molecule has 5 heteroatoms. The number of benzene rings is 1. The summed E-state index contributed by atoms with van der Waals surface area (Å²) >= 11 is 0. The molecule has 1 aromatic carbocycles. The molecule has 5 nitrogen and oxygen atoms in total. The quantitative estimate of drug-likeness (QED) is 0.336. The first-order chi connectivity index (χ1) is 13.4. The number of unbranched alkanes of at least 4 members (excludes halogenated alkanes) is 12. The van der Waals surface area contributed by atoms with Gasteiger partial charge in [0.1, 0.15) is 0 Å². The molecule has 0 atom stereocenters. The second-order valence-corrected chi connectivity index (χ2v) is 7.50. The van der Waals surface area contributed by atoms with E-state index >= 15 is 0 Å². The summed E-state index contributed by atoms with van der Waals surface area (Å²) in [5.74, 6) is 0.707. The maximum atomic E-state index is 3.92. The molecule has 0 saturated heterocycles. The summed E-state index contributed by atoms with van der Waals surface area (Å²) in [7, 11) is 0. The van der Waals surface area contributed by atoms with E-state index in [0.717, 1.165) is 17.8 Å². The first-order valence-electron chi connectivity index (χ1n) is 11.0. The van der Waals surface area contributed by atoms with Crippen LogP contribution in [0.4, 0.5) is 5.69 Å². The van der Waals surface area contributed by atoms with Crippen molar-refractivity contribution in [1.82, 2.24) is 20.6 Å². The fourth-order valence-electron chi connectivity index (χ4n) is 3.40. The largest absolute Gasteiger partial charge is 0.385 e. The third-order valence-corrected chi connectivity index (χ3v) is 5.11. The van der Waals surface area contributed by atoms with Crippen molar-refractivity contribution in [2.75, 3.05) is 11.9 Å². The fraction of sp³-hybridized carbons (Fsp3) is 0.682. The minimum atomic E-state index is 0.707. The minimum absolute atomic E-state index is 0.707. The Balaban J connectivity index is 1.38. The molecule has 0 aliphatic carbocycles. The zero-order valence-electron chi connectivity index (χ0n) is 17.1. The molecular formula is C22H37N5. The van der Waals surface area contributed by atoms with Crippen LogP contribution < -0.4 is 5.32 Å². The predicted molar refractivity (Wildman–Crippen MR) is 114 cm³/mol. The Morgan fingerprint density at radius 1 is 0.741 bits per heavy atom. The highest BCUT2D eigenvalue weighted by Gasteiger charge is 2.01. The lowest BCUT2D eigenvalue weighted by atomic mass is 10.0. The van der Waals surface area contributed by atoms with E-state index in [2.05, 4.69) is 45.0 Å². The maximum Gasteiger partial charge on any atom is 0.179 e. The predicted octanol–water partition coefficient (Wildman–Crippen LogP) is 6.37. The lowest BCUT2D eigenvalue weighted by molar-refractivity contribution is 0.541. The second kappa shape index (κ2) is 14.2. The molecule has 2 rings (SSSR count). The summed E-state index contributed by atoms with van der Waals surface area (Å²) in [6, 6.07) is 8.24. The average Bonchev–Trinajstić information content (AvgIpc) is 3.23. The van der Waals surface area contributed by atoms with E-state index in [9.17, 15) is 0 Å². The van der Waals surface area contributed by atoms with Gasteiger partial charge in [0.05, 0.1) is 0 Å². The zero-order chi connectivity index (χ0) is 19.0. The van der Waals surface area contributed by atoms with E-state index in [4.69, 9.17) is 0 Å². The van der Waals surface area contributed by atoms with Gasteiger partial charge in [0.15, 0.2) is 5.82 Å². The molecule has 0 spiro atoms. The summed E-state index contributed by atoms with van der Waals surface area (Å²) in [5.41, 5.74) is 2.16. The monoisotopic (exact) mass is 371 g/mol. The summed E-state index contributed by atoms with van der Waals surface area (Å²) in [6.07, 6.45) is 18.2. The van der Waals surface area contributed by atoms with Gasteiger partial charge in [0.25, 0.3) is 0 Å². The topological polar surface area (TPSA) is 66.5 Å². The van der Waals surface area contributed by atoms with E-state index in [0.29, 0.717) is 5.82 Å². The van der Waals surface area contributed by atoms with Crippen LogP contribution in [0.25, 0.3) is 11.4 Å². The van der Waals surface area contributed by atoms with Gasteiger partial charge in [0.2, 0.25) is 0 Å². The highest BCUT2D eigenvalue weighted by Crippen LogP contribution is 2.17.